The molecule has 1 aromatic carbocycles. The van der Waals surface area contributed by atoms with Crippen molar-refractivity contribution in [3.8, 4) is 5.75 Å². The third kappa shape index (κ3) is 3.48. The molecule has 0 bridgehead atoms. The van der Waals surface area contributed by atoms with Crippen molar-refractivity contribution >= 4 is 11.6 Å². The first-order valence-electron chi connectivity index (χ1n) is 5.68. The molecule has 0 amide bonds. The standard InChI is InChI=1S/C13H15ClN2O2/c1-10-2-3-12(14)13(6-10)18-8-11(17)7-16-5-4-15-9-16/h2-6,9,11,17H,7-8H2,1H3. The van der Waals surface area contributed by atoms with Crippen LogP contribution in [0.5, 0.6) is 5.75 Å². The molecule has 1 atom stereocenters. The summed E-state index contributed by atoms with van der Waals surface area (Å²) < 4.78 is 7.31. The van der Waals surface area contributed by atoms with Crippen LogP contribution in [0.15, 0.2) is 36.9 Å². The van der Waals surface area contributed by atoms with E-state index >= 15 is 0 Å². The number of halogens is 1. The minimum Gasteiger partial charge on any atom is -0.489 e. The van der Waals surface area contributed by atoms with Crippen LogP contribution < -0.4 is 4.74 Å². The van der Waals surface area contributed by atoms with Gasteiger partial charge in [0.25, 0.3) is 0 Å². The fourth-order valence-electron chi connectivity index (χ4n) is 1.60. The zero-order chi connectivity index (χ0) is 13.0. The summed E-state index contributed by atoms with van der Waals surface area (Å²) >= 11 is 6.00. The van der Waals surface area contributed by atoms with E-state index in [4.69, 9.17) is 16.3 Å². The largest absolute Gasteiger partial charge is 0.489 e. The molecule has 0 aliphatic heterocycles. The third-order valence-corrected chi connectivity index (χ3v) is 2.81. The predicted octanol–water partition coefficient (Wildman–Crippen LogP) is 2.28. The van der Waals surface area contributed by atoms with Crippen molar-refractivity contribution in [3.05, 3.63) is 47.5 Å². The summed E-state index contributed by atoms with van der Waals surface area (Å²) in [5.74, 6) is 0.598. The van der Waals surface area contributed by atoms with Crippen LogP contribution >= 0.6 is 11.6 Å². The fourth-order valence-corrected chi connectivity index (χ4v) is 1.77. The molecule has 1 aromatic heterocycles. The molecule has 18 heavy (non-hydrogen) atoms. The summed E-state index contributed by atoms with van der Waals surface area (Å²) in [7, 11) is 0. The first kappa shape index (κ1) is 12.9. The van der Waals surface area contributed by atoms with Crippen molar-refractivity contribution in [3.63, 3.8) is 0 Å². The van der Waals surface area contributed by atoms with E-state index in [0.717, 1.165) is 5.56 Å². The molecule has 5 heteroatoms. The molecule has 0 spiro atoms. The van der Waals surface area contributed by atoms with Gasteiger partial charge in [-0.3, -0.25) is 0 Å². The summed E-state index contributed by atoms with van der Waals surface area (Å²) in [6, 6.07) is 5.55. The van der Waals surface area contributed by atoms with E-state index in [2.05, 4.69) is 4.98 Å². The highest BCUT2D eigenvalue weighted by atomic mass is 35.5. The number of aliphatic hydroxyl groups is 1. The Morgan fingerprint density at radius 2 is 2.33 bits per heavy atom. The summed E-state index contributed by atoms with van der Waals surface area (Å²) in [5, 5.41) is 10.4. The molecule has 0 radical (unpaired) electrons. The van der Waals surface area contributed by atoms with E-state index in [1.54, 1.807) is 29.4 Å². The predicted molar refractivity (Wildman–Crippen MR) is 69.9 cm³/mol. The molecule has 0 aliphatic rings. The Bertz CT molecular complexity index is 500. The number of imidazole rings is 1. The second-order valence-corrected chi connectivity index (χ2v) is 4.57. The number of aliphatic hydroxyl groups excluding tert-OH is 1. The molecule has 4 nitrogen and oxygen atoms in total. The van der Waals surface area contributed by atoms with E-state index < -0.39 is 6.10 Å². The highest BCUT2D eigenvalue weighted by molar-refractivity contribution is 6.32. The van der Waals surface area contributed by atoms with Crippen LogP contribution in [-0.2, 0) is 6.54 Å². The van der Waals surface area contributed by atoms with Gasteiger partial charge >= 0.3 is 0 Å². The van der Waals surface area contributed by atoms with Gasteiger partial charge in [-0.15, -0.1) is 0 Å². The number of benzene rings is 1. The highest BCUT2D eigenvalue weighted by Crippen LogP contribution is 2.25. The second-order valence-electron chi connectivity index (χ2n) is 4.16. The first-order chi connectivity index (χ1) is 8.65. The summed E-state index contributed by atoms with van der Waals surface area (Å²) in [5.41, 5.74) is 1.07. The molecule has 0 aliphatic carbocycles. The molecular weight excluding hydrogens is 252 g/mol. The molecule has 1 unspecified atom stereocenters. The Labute approximate surface area is 111 Å². The maximum atomic E-state index is 9.83. The monoisotopic (exact) mass is 266 g/mol. The number of ether oxygens (including phenoxy) is 1. The van der Waals surface area contributed by atoms with Crippen molar-refractivity contribution in [2.24, 2.45) is 0 Å². The lowest BCUT2D eigenvalue weighted by Gasteiger charge is -2.14. The van der Waals surface area contributed by atoms with Gasteiger partial charge in [0.2, 0.25) is 0 Å². The molecule has 0 saturated heterocycles. The molecule has 0 fully saturated rings. The van der Waals surface area contributed by atoms with Gasteiger partial charge in [0.15, 0.2) is 0 Å². The Morgan fingerprint density at radius 1 is 1.50 bits per heavy atom. The topological polar surface area (TPSA) is 47.3 Å². The van der Waals surface area contributed by atoms with Crippen molar-refractivity contribution in [1.29, 1.82) is 0 Å². The van der Waals surface area contributed by atoms with Gasteiger partial charge in [0.1, 0.15) is 18.5 Å². The van der Waals surface area contributed by atoms with Gasteiger partial charge in [-0.1, -0.05) is 17.7 Å². The Morgan fingerprint density at radius 3 is 3.06 bits per heavy atom. The van der Waals surface area contributed by atoms with E-state index in [9.17, 15) is 5.11 Å². The first-order valence-corrected chi connectivity index (χ1v) is 6.05. The zero-order valence-corrected chi connectivity index (χ0v) is 10.8. The summed E-state index contributed by atoms with van der Waals surface area (Å²) in [6.07, 6.45) is 4.52. The molecule has 1 N–H and O–H groups in total. The second kappa shape index (κ2) is 5.89. The number of aromatic nitrogens is 2. The van der Waals surface area contributed by atoms with Gasteiger partial charge in [-0.2, -0.15) is 0 Å². The Kier molecular flexibility index (Phi) is 4.23. The van der Waals surface area contributed by atoms with Crippen LogP contribution in [0.2, 0.25) is 5.02 Å². The lowest BCUT2D eigenvalue weighted by molar-refractivity contribution is 0.0925. The Balaban J connectivity index is 1.89. The van der Waals surface area contributed by atoms with E-state index in [1.165, 1.54) is 0 Å². The van der Waals surface area contributed by atoms with Crippen molar-refractivity contribution in [2.75, 3.05) is 6.61 Å². The molecule has 1 heterocycles. The molecule has 2 aromatic rings. The van der Waals surface area contributed by atoms with Crippen LogP contribution in [0.3, 0.4) is 0 Å². The summed E-state index contributed by atoms with van der Waals surface area (Å²) in [4.78, 5) is 3.91. The number of hydrogen-bond acceptors (Lipinski definition) is 3. The average Bonchev–Trinajstić information content (AvgIpc) is 2.83. The van der Waals surface area contributed by atoms with Crippen molar-refractivity contribution in [1.82, 2.24) is 9.55 Å². The maximum absolute atomic E-state index is 9.83. The SMILES string of the molecule is Cc1ccc(Cl)c(OCC(O)Cn2ccnc2)c1. The summed E-state index contributed by atoms with van der Waals surface area (Å²) in [6.45, 7) is 2.61. The quantitative estimate of drug-likeness (QED) is 0.903. The zero-order valence-electron chi connectivity index (χ0n) is 10.1. The molecule has 96 valence electrons. The lowest BCUT2D eigenvalue weighted by atomic mass is 10.2. The van der Waals surface area contributed by atoms with Crippen LogP contribution in [0.25, 0.3) is 0 Å². The van der Waals surface area contributed by atoms with Crippen LogP contribution in [-0.4, -0.2) is 27.4 Å². The lowest BCUT2D eigenvalue weighted by Crippen LogP contribution is -2.23. The smallest absolute Gasteiger partial charge is 0.138 e. The highest BCUT2D eigenvalue weighted by Gasteiger charge is 2.08. The van der Waals surface area contributed by atoms with Crippen molar-refractivity contribution in [2.45, 2.75) is 19.6 Å². The van der Waals surface area contributed by atoms with E-state index in [0.29, 0.717) is 17.3 Å². The van der Waals surface area contributed by atoms with Gasteiger partial charge in [-0.05, 0) is 24.6 Å². The fraction of sp³-hybridized carbons (Fsp3) is 0.308. The normalized spacial score (nSPS) is 12.4. The Hall–Kier alpha value is -1.52. The van der Waals surface area contributed by atoms with E-state index in [-0.39, 0.29) is 6.61 Å². The average molecular weight is 267 g/mol. The number of rotatable bonds is 5. The van der Waals surface area contributed by atoms with Crippen LogP contribution in [0, 0.1) is 6.92 Å². The number of aryl methyl sites for hydroxylation is 1. The van der Waals surface area contributed by atoms with Crippen molar-refractivity contribution < 1.29 is 9.84 Å². The van der Waals surface area contributed by atoms with Gasteiger partial charge < -0.3 is 14.4 Å². The van der Waals surface area contributed by atoms with Gasteiger partial charge in [0.05, 0.1) is 17.9 Å². The number of nitrogens with zero attached hydrogens (tertiary/aromatic N) is 2. The van der Waals surface area contributed by atoms with Gasteiger partial charge in [-0.25, -0.2) is 4.98 Å². The molecule has 2 rings (SSSR count). The maximum Gasteiger partial charge on any atom is 0.138 e. The minimum absolute atomic E-state index is 0.196. The van der Waals surface area contributed by atoms with E-state index in [1.807, 2.05) is 19.1 Å². The van der Waals surface area contributed by atoms with Crippen LogP contribution in [0.1, 0.15) is 5.56 Å². The molecule has 0 saturated carbocycles. The van der Waals surface area contributed by atoms with Gasteiger partial charge in [0, 0.05) is 12.4 Å². The third-order valence-electron chi connectivity index (χ3n) is 2.50. The number of hydrogen-bond donors (Lipinski definition) is 1. The minimum atomic E-state index is -0.601. The van der Waals surface area contributed by atoms with Crippen LogP contribution in [0.4, 0.5) is 0 Å². The molecular formula is C13H15ClN2O2.